The molecule has 1 heterocycles. The Morgan fingerprint density at radius 2 is 1.96 bits per heavy atom. The van der Waals surface area contributed by atoms with Crippen molar-refractivity contribution in [2.24, 2.45) is 5.92 Å². The normalized spacial score (nSPS) is 16.2. The number of fused-ring (bicyclic) bond motifs is 1. The van der Waals surface area contributed by atoms with E-state index in [4.69, 9.17) is 4.74 Å². The van der Waals surface area contributed by atoms with Gasteiger partial charge in [0.25, 0.3) is 5.91 Å². The van der Waals surface area contributed by atoms with Crippen LogP contribution < -0.4 is 14.8 Å². The Balaban J connectivity index is 1.61. The molecule has 1 amide bonds. The first-order valence-electron chi connectivity index (χ1n) is 7.66. The molecule has 0 fully saturated rings. The topological polar surface area (TPSA) is 47.6 Å². The van der Waals surface area contributed by atoms with Crippen molar-refractivity contribution < 1.29 is 23.0 Å². The molecule has 1 atom stereocenters. The van der Waals surface area contributed by atoms with Crippen LogP contribution in [0, 0.1) is 5.92 Å². The Hall–Kier alpha value is -2.63. The van der Waals surface area contributed by atoms with Crippen LogP contribution in [0.4, 0.5) is 8.78 Å². The van der Waals surface area contributed by atoms with E-state index in [2.05, 4.69) is 10.1 Å². The molecule has 1 aliphatic heterocycles. The number of alkyl halides is 2. The molecule has 0 radical (unpaired) electrons. The first-order chi connectivity index (χ1) is 11.6. The Bertz CT molecular complexity index is 721. The molecule has 0 bridgehead atoms. The highest BCUT2D eigenvalue weighted by molar-refractivity contribution is 5.96. The van der Waals surface area contributed by atoms with Gasteiger partial charge in [0.2, 0.25) is 0 Å². The summed E-state index contributed by atoms with van der Waals surface area (Å²) < 4.78 is 34.9. The van der Waals surface area contributed by atoms with Crippen LogP contribution in [-0.2, 0) is 6.42 Å². The number of nitrogens with one attached hydrogen (secondary N) is 1. The van der Waals surface area contributed by atoms with Gasteiger partial charge in [0, 0.05) is 12.5 Å². The van der Waals surface area contributed by atoms with Crippen molar-refractivity contribution in [3.05, 3.63) is 59.7 Å². The number of hydrogen-bond donors (Lipinski definition) is 1. The summed E-state index contributed by atoms with van der Waals surface area (Å²) >= 11 is 0. The standard InChI is InChI=1S/C18H17F2NO3/c19-18(20)24-16-8-4-2-6-14(16)17(22)21-10-12-9-13-5-1-3-7-15(13)23-11-12/h1-8,12,18H,9-11H2,(H,21,22). The lowest BCUT2D eigenvalue weighted by molar-refractivity contribution is -0.0501. The van der Waals surface area contributed by atoms with Crippen molar-refractivity contribution in [1.82, 2.24) is 5.32 Å². The average molecular weight is 333 g/mol. The third-order valence-electron chi connectivity index (χ3n) is 3.85. The average Bonchev–Trinajstić information content (AvgIpc) is 2.59. The van der Waals surface area contributed by atoms with Crippen molar-refractivity contribution in [1.29, 1.82) is 0 Å². The number of hydrogen-bond acceptors (Lipinski definition) is 3. The van der Waals surface area contributed by atoms with Crippen molar-refractivity contribution in [2.75, 3.05) is 13.2 Å². The first kappa shape index (κ1) is 16.2. The number of carbonyl (C=O) groups is 1. The highest BCUT2D eigenvalue weighted by atomic mass is 19.3. The second-order valence-electron chi connectivity index (χ2n) is 5.57. The lowest BCUT2D eigenvalue weighted by atomic mass is 9.96. The number of benzene rings is 2. The lowest BCUT2D eigenvalue weighted by Gasteiger charge is -2.25. The maximum atomic E-state index is 12.4. The molecule has 24 heavy (non-hydrogen) atoms. The second kappa shape index (κ2) is 7.29. The van der Waals surface area contributed by atoms with E-state index in [1.807, 2.05) is 24.3 Å². The van der Waals surface area contributed by atoms with Crippen molar-refractivity contribution in [3.8, 4) is 11.5 Å². The summed E-state index contributed by atoms with van der Waals surface area (Å²) in [7, 11) is 0. The molecule has 2 aromatic rings. The van der Waals surface area contributed by atoms with Gasteiger partial charge in [0.1, 0.15) is 11.5 Å². The molecule has 0 saturated carbocycles. The quantitative estimate of drug-likeness (QED) is 0.913. The van der Waals surface area contributed by atoms with Gasteiger partial charge in [-0.05, 0) is 30.2 Å². The van der Waals surface area contributed by atoms with E-state index in [0.29, 0.717) is 13.2 Å². The predicted octanol–water partition coefficient (Wildman–Crippen LogP) is 3.27. The largest absolute Gasteiger partial charge is 0.493 e. The van der Waals surface area contributed by atoms with Crippen LogP contribution in [0.25, 0.3) is 0 Å². The number of rotatable bonds is 5. The fraction of sp³-hybridized carbons (Fsp3) is 0.278. The monoisotopic (exact) mass is 333 g/mol. The van der Waals surface area contributed by atoms with Crippen molar-refractivity contribution in [3.63, 3.8) is 0 Å². The Morgan fingerprint density at radius 1 is 1.21 bits per heavy atom. The molecule has 0 aliphatic carbocycles. The molecule has 1 unspecified atom stereocenters. The summed E-state index contributed by atoms with van der Waals surface area (Å²) in [5, 5.41) is 2.77. The summed E-state index contributed by atoms with van der Waals surface area (Å²) in [6, 6.07) is 13.7. The van der Waals surface area contributed by atoms with E-state index in [9.17, 15) is 13.6 Å². The lowest BCUT2D eigenvalue weighted by Crippen LogP contribution is -2.35. The van der Waals surface area contributed by atoms with Crippen LogP contribution in [0.1, 0.15) is 15.9 Å². The van der Waals surface area contributed by atoms with E-state index in [1.165, 1.54) is 12.1 Å². The van der Waals surface area contributed by atoms with Crippen LogP contribution >= 0.6 is 0 Å². The molecule has 1 aliphatic rings. The van der Waals surface area contributed by atoms with Gasteiger partial charge in [-0.1, -0.05) is 30.3 Å². The van der Waals surface area contributed by atoms with Gasteiger partial charge in [0.15, 0.2) is 0 Å². The highest BCUT2D eigenvalue weighted by Crippen LogP contribution is 2.26. The predicted molar refractivity (Wildman–Crippen MR) is 84.5 cm³/mol. The summed E-state index contributed by atoms with van der Waals surface area (Å²) in [6.07, 6.45) is 0.797. The number of ether oxygens (including phenoxy) is 2. The minimum Gasteiger partial charge on any atom is -0.493 e. The van der Waals surface area contributed by atoms with Crippen LogP contribution in [-0.4, -0.2) is 25.7 Å². The third kappa shape index (κ3) is 3.82. The molecule has 4 nitrogen and oxygen atoms in total. The zero-order valence-corrected chi connectivity index (χ0v) is 12.9. The molecular weight excluding hydrogens is 316 g/mol. The Labute approximate surface area is 138 Å². The van der Waals surface area contributed by atoms with Gasteiger partial charge in [-0.3, -0.25) is 4.79 Å². The Kier molecular flexibility index (Phi) is 4.93. The Morgan fingerprint density at radius 3 is 2.79 bits per heavy atom. The van der Waals surface area contributed by atoms with E-state index in [0.717, 1.165) is 17.7 Å². The van der Waals surface area contributed by atoms with Gasteiger partial charge < -0.3 is 14.8 Å². The van der Waals surface area contributed by atoms with E-state index in [1.54, 1.807) is 12.1 Å². The molecule has 6 heteroatoms. The van der Waals surface area contributed by atoms with Crippen molar-refractivity contribution in [2.45, 2.75) is 13.0 Å². The second-order valence-corrected chi connectivity index (χ2v) is 5.57. The molecule has 0 saturated heterocycles. The third-order valence-corrected chi connectivity index (χ3v) is 3.85. The fourth-order valence-electron chi connectivity index (χ4n) is 2.71. The maximum absolute atomic E-state index is 12.4. The molecular formula is C18H17F2NO3. The van der Waals surface area contributed by atoms with Gasteiger partial charge >= 0.3 is 6.61 Å². The molecule has 2 aromatic carbocycles. The summed E-state index contributed by atoms with van der Waals surface area (Å²) in [6.45, 7) is -2.06. The van der Waals surface area contributed by atoms with Crippen LogP contribution in [0.3, 0.4) is 0 Å². The minimum absolute atomic E-state index is 0.0925. The molecule has 126 valence electrons. The van der Waals surface area contributed by atoms with Crippen LogP contribution in [0.5, 0.6) is 11.5 Å². The molecule has 0 spiro atoms. The van der Waals surface area contributed by atoms with Gasteiger partial charge in [-0.15, -0.1) is 0 Å². The van der Waals surface area contributed by atoms with Gasteiger partial charge in [0.05, 0.1) is 12.2 Å². The SMILES string of the molecule is O=C(NCC1COc2ccccc2C1)c1ccccc1OC(F)F. The minimum atomic E-state index is -2.97. The van der Waals surface area contributed by atoms with E-state index in [-0.39, 0.29) is 17.2 Å². The summed E-state index contributed by atoms with van der Waals surface area (Å²) in [5.41, 5.74) is 1.19. The van der Waals surface area contributed by atoms with E-state index >= 15 is 0 Å². The van der Waals surface area contributed by atoms with Gasteiger partial charge in [-0.2, -0.15) is 8.78 Å². The summed E-state index contributed by atoms with van der Waals surface area (Å²) in [4.78, 5) is 12.3. The molecule has 3 rings (SSSR count). The maximum Gasteiger partial charge on any atom is 0.387 e. The highest BCUT2D eigenvalue weighted by Gasteiger charge is 2.21. The fourth-order valence-corrected chi connectivity index (χ4v) is 2.71. The van der Waals surface area contributed by atoms with E-state index < -0.39 is 12.5 Å². The van der Waals surface area contributed by atoms with Crippen LogP contribution in [0.2, 0.25) is 0 Å². The number of halogens is 2. The first-order valence-corrected chi connectivity index (χ1v) is 7.66. The van der Waals surface area contributed by atoms with Crippen LogP contribution in [0.15, 0.2) is 48.5 Å². The molecule has 0 aromatic heterocycles. The zero-order valence-electron chi connectivity index (χ0n) is 12.9. The molecule has 1 N–H and O–H groups in total. The van der Waals surface area contributed by atoms with Gasteiger partial charge in [-0.25, -0.2) is 0 Å². The number of amides is 1. The van der Waals surface area contributed by atoms with Crippen molar-refractivity contribution >= 4 is 5.91 Å². The zero-order chi connectivity index (χ0) is 16.9. The number of para-hydroxylation sites is 2. The smallest absolute Gasteiger partial charge is 0.387 e. The summed E-state index contributed by atoms with van der Waals surface area (Å²) in [5.74, 6) is 0.433. The number of carbonyl (C=O) groups excluding carboxylic acids is 1.